The first-order chi connectivity index (χ1) is 18.6. The lowest BCUT2D eigenvalue weighted by molar-refractivity contribution is 0.0925. The number of methoxy groups -OCH3 is 1. The standard InChI is InChI=1S/C32H37N3O3/c1-5-8-17-27(26-16-12-13-18-28(26)37-4)33-32(36)30-29(23-19-21-25(22-20-23)38-7-3)34-31(35(30)6-2)24-14-10-9-11-15-24/h9-16,18-22,27H,5-8,17H2,1-4H3,(H,33,36). The van der Waals surface area contributed by atoms with Crippen molar-refractivity contribution in [3.63, 3.8) is 0 Å². The second kappa shape index (κ2) is 13.0. The molecule has 1 N–H and O–H groups in total. The highest BCUT2D eigenvalue weighted by atomic mass is 16.5. The van der Waals surface area contributed by atoms with Crippen LogP contribution in [0.2, 0.25) is 0 Å². The van der Waals surface area contributed by atoms with Crippen LogP contribution in [0.5, 0.6) is 11.5 Å². The van der Waals surface area contributed by atoms with Gasteiger partial charge < -0.3 is 19.4 Å². The number of ether oxygens (including phenoxy) is 2. The van der Waals surface area contributed by atoms with Crippen molar-refractivity contribution in [3.05, 3.63) is 90.1 Å². The Kier molecular flexibility index (Phi) is 9.20. The van der Waals surface area contributed by atoms with E-state index < -0.39 is 0 Å². The molecule has 0 saturated heterocycles. The van der Waals surface area contributed by atoms with E-state index in [1.165, 1.54) is 0 Å². The first kappa shape index (κ1) is 27.0. The molecule has 0 aliphatic rings. The van der Waals surface area contributed by atoms with Gasteiger partial charge in [0.05, 0.1) is 19.8 Å². The van der Waals surface area contributed by atoms with Crippen LogP contribution in [0.1, 0.15) is 62.1 Å². The van der Waals surface area contributed by atoms with E-state index in [4.69, 9.17) is 14.5 Å². The van der Waals surface area contributed by atoms with Crippen LogP contribution < -0.4 is 14.8 Å². The Morgan fingerprint density at radius 3 is 2.29 bits per heavy atom. The van der Waals surface area contributed by atoms with Crippen molar-refractivity contribution in [2.75, 3.05) is 13.7 Å². The minimum Gasteiger partial charge on any atom is -0.496 e. The summed E-state index contributed by atoms with van der Waals surface area (Å²) in [5, 5.41) is 3.34. The smallest absolute Gasteiger partial charge is 0.270 e. The molecule has 0 aliphatic carbocycles. The normalized spacial score (nSPS) is 11.7. The van der Waals surface area contributed by atoms with Crippen molar-refractivity contribution < 1.29 is 14.3 Å². The fraction of sp³-hybridized carbons (Fsp3) is 0.312. The van der Waals surface area contributed by atoms with Gasteiger partial charge >= 0.3 is 0 Å². The van der Waals surface area contributed by atoms with Gasteiger partial charge in [0.1, 0.15) is 28.7 Å². The lowest BCUT2D eigenvalue weighted by Crippen LogP contribution is -2.31. The molecule has 1 amide bonds. The molecular formula is C32H37N3O3. The van der Waals surface area contributed by atoms with Crippen molar-refractivity contribution in [2.45, 2.75) is 52.6 Å². The van der Waals surface area contributed by atoms with Crippen LogP contribution >= 0.6 is 0 Å². The summed E-state index contributed by atoms with van der Waals surface area (Å²) in [4.78, 5) is 19.2. The summed E-state index contributed by atoms with van der Waals surface area (Å²) in [5.41, 5.74) is 4.01. The van der Waals surface area contributed by atoms with E-state index in [2.05, 4.69) is 12.2 Å². The third kappa shape index (κ3) is 5.91. The number of aromatic nitrogens is 2. The van der Waals surface area contributed by atoms with Gasteiger partial charge in [-0.15, -0.1) is 0 Å². The van der Waals surface area contributed by atoms with E-state index in [1.54, 1.807) is 7.11 Å². The fourth-order valence-corrected chi connectivity index (χ4v) is 4.77. The minimum absolute atomic E-state index is 0.155. The Morgan fingerprint density at radius 1 is 0.921 bits per heavy atom. The number of unbranched alkanes of at least 4 members (excludes halogenated alkanes) is 1. The van der Waals surface area contributed by atoms with E-state index >= 15 is 0 Å². The molecule has 0 saturated carbocycles. The fourth-order valence-electron chi connectivity index (χ4n) is 4.77. The van der Waals surface area contributed by atoms with E-state index in [9.17, 15) is 4.79 Å². The molecule has 3 aromatic carbocycles. The number of carbonyl (C=O) groups is 1. The van der Waals surface area contributed by atoms with Crippen molar-refractivity contribution in [1.82, 2.24) is 14.9 Å². The number of imidazole rings is 1. The number of hydrogen-bond acceptors (Lipinski definition) is 4. The maximum Gasteiger partial charge on any atom is 0.270 e. The largest absolute Gasteiger partial charge is 0.496 e. The second-order valence-corrected chi connectivity index (χ2v) is 9.11. The molecule has 0 bridgehead atoms. The number of nitrogens with zero attached hydrogens (tertiary/aromatic N) is 2. The lowest BCUT2D eigenvalue weighted by atomic mass is 9.99. The summed E-state index contributed by atoms with van der Waals surface area (Å²) in [6, 6.07) is 25.5. The quantitative estimate of drug-likeness (QED) is 0.217. The van der Waals surface area contributed by atoms with Crippen LogP contribution in [-0.4, -0.2) is 29.2 Å². The third-order valence-electron chi connectivity index (χ3n) is 6.64. The Bertz CT molecular complexity index is 1330. The summed E-state index contributed by atoms with van der Waals surface area (Å²) in [7, 11) is 1.67. The summed E-state index contributed by atoms with van der Waals surface area (Å²) in [5.74, 6) is 2.17. The molecule has 1 atom stereocenters. The van der Waals surface area contributed by atoms with Gasteiger partial charge in [0.25, 0.3) is 5.91 Å². The van der Waals surface area contributed by atoms with Gasteiger partial charge in [0.15, 0.2) is 0 Å². The highest BCUT2D eigenvalue weighted by molar-refractivity contribution is 6.00. The molecule has 0 spiro atoms. The average Bonchev–Trinajstić information content (AvgIpc) is 3.36. The Balaban J connectivity index is 1.81. The van der Waals surface area contributed by atoms with Crippen molar-refractivity contribution >= 4 is 5.91 Å². The Hall–Kier alpha value is -4.06. The zero-order valence-electron chi connectivity index (χ0n) is 22.7. The number of rotatable bonds is 12. The molecule has 1 heterocycles. The van der Waals surface area contributed by atoms with Gasteiger partial charge in [-0.3, -0.25) is 4.79 Å². The maximum absolute atomic E-state index is 14.1. The summed E-state index contributed by atoms with van der Waals surface area (Å²) < 4.78 is 13.3. The molecule has 4 aromatic rings. The van der Waals surface area contributed by atoms with E-state index in [1.807, 2.05) is 97.3 Å². The Labute approximate surface area is 225 Å². The SMILES string of the molecule is CCCCC(NC(=O)c1c(-c2ccc(OCC)cc2)nc(-c2ccccc2)n1CC)c1ccccc1OC. The van der Waals surface area contributed by atoms with Crippen LogP contribution in [0.25, 0.3) is 22.6 Å². The number of benzene rings is 3. The van der Waals surface area contributed by atoms with E-state index in [0.717, 1.165) is 53.3 Å². The molecule has 38 heavy (non-hydrogen) atoms. The minimum atomic E-state index is -0.188. The molecule has 0 radical (unpaired) electrons. The monoisotopic (exact) mass is 511 g/mol. The third-order valence-corrected chi connectivity index (χ3v) is 6.64. The average molecular weight is 512 g/mol. The highest BCUT2D eigenvalue weighted by Crippen LogP contribution is 2.33. The number of carbonyl (C=O) groups excluding carboxylic acids is 1. The van der Waals surface area contributed by atoms with Crippen LogP contribution in [-0.2, 0) is 6.54 Å². The molecule has 6 nitrogen and oxygen atoms in total. The van der Waals surface area contributed by atoms with Crippen molar-refractivity contribution in [3.8, 4) is 34.1 Å². The molecule has 0 aliphatic heterocycles. The molecular weight excluding hydrogens is 474 g/mol. The number of nitrogens with one attached hydrogen (secondary N) is 1. The molecule has 0 fully saturated rings. The van der Waals surface area contributed by atoms with Crippen molar-refractivity contribution in [1.29, 1.82) is 0 Å². The van der Waals surface area contributed by atoms with Crippen molar-refractivity contribution in [2.24, 2.45) is 0 Å². The lowest BCUT2D eigenvalue weighted by Gasteiger charge is -2.22. The van der Waals surface area contributed by atoms with Gasteiger partial charge in [-0.1, -0.05) is 68.3 Å². The van der Waals surface area contributed by atoms with Gasteiger partial charge in [0, 0.05) is 23.2 Å². The van der Waals surface area contributed by atoms with Crippen LogP contribution in [0.15, 0.2) is 78.9 Å². The van der Waals surface area contributed by atoms with Gasteiger partial charge in [-0.05, 0) is 50.6 Å². The van der Waals surface area contributed by atoms with Gasteiger partial charge in [-0.2, -0.15) is 0 Å². The molecule has 4 rings (SSSR count). The first-order valence-corrected chi connectivity index (χ1v) is 13.4. The van der Waals surface area contributed by atoms with Gasteiger partial charge in [-0.25, -0.2) is 4.98 Å². The van der Waals surface area contributed by atoms with E-state index in [-0.39, 0.29) is 11.9 Å². The Morgan fingerprint density at radius 2 is 1.63 bits per heavy atom. The van der Waals surface area contributed by atoms with E-state index in [0.29, 0.717) is 24.5 Å². The van der Waals surface area contributed by atoms with Crippen LogP contribution in [0.3, 0.4) is 0 Å². The zero-order chi connectivity index (χ0) is 26.9. The predicted molar refractivity (Wildman–Crippen MR) is 153 cm³/mol. The first-order valence-electron chi connectivity index (χ1n) is 13.4. The molecule has 6 heteroatoms. The van der Waals surface area contributed by atoms with Gasteiger partial charge in [0.2, 0.25) is 0 Å². The second-order valence-electron chi connectivity index (χ2n) is 9.11. The predicted octanol–water partition coefficient (Wildman–Crippen LogP) is 7.31. The summed E-state index contributed by atoms with van der Waals surface area (Å²) in [6.45, 7) is 7.36. The van der Waals surface area contributed by atoms with Crippen LogP contribution in [0.4, 0.5) is 0 Å². The number of para-hydroxylation sites is 1. The maximum atomic E-state index is 14.1. The number of hydrogen-bond donors (Lipinski definition) is 1. The molecule has 198 valence electrons. The summed E-state index contributed by atoms with van der Waals surface area (Å²) >= 11 is 0. The molecule has 1 aromatic heterocycles. The molecule has 1 unspecified atom stereocenters. The van der Waals surface area contributed by atoms with Crippen LogP contribution in [0, 0.1) is 0 Å². The topological polar surface area (TPSA) is 65.4 Å². The zero-order valence-corrected chi connectivity index (χ0v) is 22.7. The highest BCUT2D eigenvalue weighted by Gasteiger charge is 2.27. The number of amides is 1. The summed E-state index contributed by atoms with van der Waals surface area (Å²) in [6.07, 6.45) is 2.83.